The number of furan rings is 1. The molecular weight excluding hydrogens is 230 g/mol. The summed E-state index contributed by atoms with van der Waals surface area (Å²) in [6.45, 7) is 4.58. The van der Waals surface area contributed by atoms with Crippen LogP contribution in [0.3, 0.4) is 0 Å². The second kappa shape index (κ2) is 4.96. The smallest absolute Gasteiger partial charge is 0.126 e. The van der Waals surface area contributed by atoms with Crippen LogP contribution in [0.2, 0.25) is 0 Å². The molecule has 0 bridgehead atoms. The first-order valence-electron chi connectivity index (χ1n) is 6.23. The van der Waals surface area contributed by atoms with E-state index < -0.39 is 0 Å². The van der Waals surface area contributed by atoms with Gasteiger partial charge in [-0.05, 0) is 19.1 Å². The summed E-state index contributed by atoms with van der Waals surface area (Å²) in [5.74, 6) is 0.929. The second-order valence-corrected chi connectivity index (χ2v) is 4.48. The van der Waals surface area contributed by atoms with Gasteiger partial charge in [-0.15, -0.1) is 0 Å². The minimum atomic E-state index is 0.0682. The zero-order chi connectivity index (χ0) is 12.4. The highest BCUT2D eigenvalue weighted by Gasteiger charge is 2.22. The van der Waals surface area contributed by atoms with Gasteiger partial charge in [0.25, 0.3) is 0 Å². The molecule has 96 valence electrons. The summed E-state index contributed by atoms with van der Waals surface area (Å²) in [4.78, 5) is 4.24. The van der Waals surface area contributed by atoms with E-state index in [1.54, 1.807) is 6.26 Å². The zero-order valence-corrected chi connectivity index (χ0v) is 10.4. The van der Waals surface area contributed by atoms with Crippen LogP contribution in [0, 0.1) is 0 Å². The molecule has 1 N–H and O–H groups in total. The zero-order valence-electron chi connectivity index (χ0n) is 10.4. The fourth-order valence-electron chi connectivity index (χ4n) is 2.31. The summed E-state index contributed by atoms with van der Waals surface area (Å²) >= 11 is 0. The standard InChI is InChI=1S/C13H17N3O2/c1-10(12-3-2-5-17-12)16-9-15-7-11(16)13-8-14-4-6-18-13/h2-3,5,7,9-10,13-14H,4,6,8H2,1H3. The van der Waals surface area contributed by atoms with Crippen molar-refractivity contribution in [2.75, 3.05) is 19.7 Å². The van der Waals surface area contributed by atoms with E-state index in [0.717, 1.165) is 31.2 Å². The van der Waals surface area contributed by atoms with E-state index in [4.69, 9.17) is 9.15 Å². The quantitative estimate of drug-likeness (QED) is 0.897. The van der Waals surface area contributed by atoms with Gasteiger partial charge in [-0.2, -0.15) is 0 Å². The topological polar surface area (TPSA) is 52.2 Å². The lowest BCUT2D eigenvalue weighted by Crippen LogP contribution is -2.34. The molecule has 5 nitrogen and oxygen atoms in total. The van der Waals surface area contributed by atoms with Gasteiger partial charge >= 0.3 is 0 Å². The van der Waals surface area contributed by atoms with Crippen molar-refractivity contribution in [3.05, 3.63) is 42.4 Å². The van der Waals surface area contributed by atoms with Gasteiger partial charge in [0.15, 0.2) is 0 Å². The predicted octanol–water partition coefficient (Wildman–Crippen LogP) is 1.75. The van der Waals surface area contributed by atoms with E-state index in [1.165, 1.54) is 0 Å². The van der Waals surface area contributed by atoms with Gasteiger partial charge in [0.2, 0.25) is 0 Å². The Morgan fingerprint density at radius 1 is 1.56 bits per heavy atom. The van der Waals surface area contributed by atoms with Crippen molar-refractivity contribution in [3.8, 4) is 0 Å². The molecule has 0 aromatic carbocycles. The van der Waals surface area contributed by atoms with Gasteiger partial charge in [0, 0.05) is 13.1 Å². The third-order valence-corrected chi connectivity index (χ3v) is 3.33. The molecule has 0 radical (unpaired) electrons. The van der Waals surface area contributed by atoms with Gasteiger partial charge in [-0.3, -0.25) is 0 Å². The highest BCUT2D eigenvalue weighted by atomic mass is 16.5. The number of hydrogen-bond donors (Lipinski definition) is 1. The third kappa shape index (κ3) is 2.07. The fraction of sp³-hybridized carbons (Fsp3) is 0.462. The number of morpholine rings is 1. The Morgan fingerprint density at radius 2 is 2.50 bits per heavy atom. The van der Waals surface area contributed by atoms with Gasteiger partial charge in [-0.25, -0.2) is 4.98 Å². The van der Waals surface area contributed by atoms with Crippen molar-refractivity contribution in [2.45, 2.75) is 19.1 Å². The van der Waals surface area contributed by atoms with Crippen molar-refractivity contribution >= 4 is 0 Å². The van der Waals surface area contributed by atoms with Crippen LogP contribution < -0.4 is 5.32 Å². The maximum Gasteiger partial charge on any atom is 0.126 e. The largest absolute Gasteiger partial charge is 0.467 e. The third-order valence-electron chi connectivity index (χ3n) is 3.33. The van der Waals surface area contributed by atoms with E-state index in [9.17, 15) is 0 Å². The van der Waals surface area contributed by atoms with Gasteiger partial charge < -0.3 is 19.0 Å². The van der Waals surface area contributed by atoms with Gasteiger partial charge in [0.05, 0.1) is 37.1 Å². The van der Waals surface area contributed by atoms with Crippen molar-refractivity contribution < 1.29 is 9.15 Å². The van der Waals surface area contributed by atoms with E-state index >= 15 is 0 Å². The summed E-state index contributed by atoms with van der Waals surface area (Å²) in [5.41, 5.74) is 1.09. The molecule has 5 heteroatoms. The first-order valence-corrected chi connectivity index (χ1v) is 6.23. The van der Waals surface area contributed by atoms with E-state index in [-0.39, 0.29) is 12.1 Å². The Labute approximate surface area is 106 Å². The number of nitrogens with one attached hydrogen (secondary N) is 1. The molecule has 1 fully saturated rings. The monoisotopic (exact) mass is 247 g/mol. The number of aromatic nitrogens is 2. The minimum Gasteiger partial charge on any atom is -0.467 e. The van der Waals surface area contributed by atoms with Crippen LogP contribution in [0.25, 0.3) is 0 Å². The lowest BCUT2D eigenvalue weighted by atomic mass is 10.2. The summed E-state index contributed by atoms with van der Waals surface area (Å²) in [7, 11) is 0. The maximum absolute atomic E-state index is 5.78. The number of rotatable bonds is 3. The Hall–Kier alpha value is -1.59. The van der Waals surface area contributed by atoms with Crippen molar-refractivity contribution in [1.29, 1.82) is 0 Å². The van der Waals surface area contributed by atoms with Gasteiger partial charge in [0.1, 0.15) is 11.9 Å². The molecule has 1 aliphatic rings. The molecule has 1 aliphatic heterocycles. The number of nitrogens with zero attached hydrogens (tertiary/aromatic N) is 2. The molecule has 1 saturated heterocycles. The first-order chi connectivity index (χ1) is 8.86. The van der Waals surface area contributed by atoms with Gasteiger partial charge in [-0.1, -0.05) is 0 Å². The molecule has 2 aromatic heterocycles. The summed E-state index contributed by atoms with van der Waals surface area (Å²) in [5, 5.41) is 3.33. The number of ether oxygens (including phenoxy) is 1. The molecule has 3 rings (SSSR count). The molecule has 0 spiro atoms. The molecule has 2 aromatic rings. The SMILES string of the molecule is CC(c1ccco1)n1cncc1C1CNCCO1. The molecule has 2 atom stereocenters. The number of hydrogen-bond acceptors (Lipinski definition) is 4. The van der Waals surface area contributed by atoms with E-state index in [2.05, 4.69) is 21.8 Å². The van der Waals surface area contributed by atoms with Crippen LogP contribution in [0.15, 0.2) is 35.3 Å². The van der Waals surface area contributed by atoms with Crippen molar-refractivity contribution in [1.82, 2.24) is 14.9 Å². The Kier molecular flexibility index (Phi) is 3.17. The Bertz CT molecular complexity index is 486. The van der Waals surface area contributed by atoms with Crippen LogP contribution in [0.5, 0.6) is 0 Å². The highest BCUT2D eigenvalue weighted by molar-refractivity contribution is 5.12. The fourth-order valence-corrected chi connectivity index (χ4v) is 2.31. The molecule has 18 heavy (non-hydrogen) atoms. The van der Waals surface area contributed by atoms with E-state index in [1.807, 2.05) is 24.7 Å². The predicted molar refractivity (Wildman–Crippen MR) is 66.3 cm³/mol. The average Bonchev–Trinajstić information content (AvgIpc) is 3.10. The molecule has 2 unspecified atom stereocenters. The van der Waals surface area contributed by atoms with Crippen LogP contribution in [-0.4, -0.2) is 29.2 Å². The molecule has 0 saturated carbocycles. The molecule has 3 heterocycles. The van der Waals surface area contributed by atoms with Crippen LogP contribution in [0.1, 0.15) is 30.5 Å². The van der Waals surface area contributed by atoms with Crippen LogP contribution in [0.4, 0.5) is 0 Å². The van der Waals surface area contributed by atoms with Crippen LogP contribution >= 0.6 is 0 Å². The highest BCUT2D eigenvalue weighted by Crippen LogP contribution is 2.25. The lowest BCUT2D eigenvalue weighted by Gasteiger charge is -2.26. The first kappa shape index (κ1) is 11.5. The number of imidazole rings is 1. The average molecular weight is 247 g/mol. The second-order valence-electron chi connectivity index (χ2n) is 4.48. The summed E-state index contributed by atoms with van der Waals surface area (Å²) < 4.78 is 13.3. The lowest BCUT2D eigenvalue weighted by molar-refractivity contribution is 0.0223. The summed E-state index contributed by atoms with van der Waals surface area (Å²) in [6, 6.07) is 4.01. The Morgan fingerprint density at radius 3 is 3.22 bits per heavy atom. The molecular formula is C13H17N3O2. The van der Waals surface area contributed by atoms with E-state index in [0.29, 0.717) is 0 Å². The molecule has 0 amide bonds. The normalized spacial score (nSPS) is 21.9. The minimum absolute atomic E-state index is 0.0682. The molecule has 0 aliphatic carbocycles. The van der Waals surface area contributed by atoms with Crippen LogP contribution in [-0.2, 0) is 4.74 Å². The van der Waals surface area contributed by atoms with Crippen molar-refractivity contribution in [2.24, 2.45) is 0 Å². The Balaban J connectivity index is 1.86. The van der Waals surface area contributed by atoms with Crippen molar-refractivity contribution in [3.63, 3.8) is 0 Å². The summed E-state index contributed by atoms with van der Waals surface area (Å²) in [6.07, 6.45) is 5.47. The maximum atomic E-state index is 5.78.